The molecule has 1 heterocycles. The highest BCUT2D eigenvalue weighted by Crippen LogP contribution is 2.25. The van der Waals surface area contributed by atoms with E-state index in [0.29, 0.717) is 30.4 Å². The molecule has 0 aromatic heterocycles. The molecule has 1 aliphatic heterocycles. The lowest BCUT2D eigenvalue weighted by Crippen LogP contribution is -2.39. The average Bonchev–Trinajstić information content (AvgIpc) is 2.48. The molecule has 1 unspecified atom stereocenters. The van der Waals surface area contributed by atoms with Crippen LogP contribution in [0.15, 0.2) is 29.2 Å². The molecule has 0 bridgehead atoms. The predicted octanol–water partition coefficient (Wildman–Crippen LogP) is 2.00. The van der Waals surface area contributed by atoms with Crippen molar-refractivity contribution in [3.63, 3.8) is 0 Å². The molecule has 0 aliphatic carbocycles. The Balaban J connectivity index is 2.16. The van der Waals surface area contributed by atoms with E-state index < -0.39 is 10.0 Å². The van der Waals surface area contributed by atoms with Crippen LogP contribution < -0.4 is 5.73 Å². The van der Waals surface area contributed by atoms with Crippen LogP contribution in [0.4, 0.5) is 0 Å². The Morgan fingerprint density at radius 2 is 2.00 bits per heavy atom. The highest BCUT2D eigenvalue weighted by molar-refractivity contribution is 7.89. The molecular formula is C15H24N2O2S. The zero-order valence-corrected chi connectivity index (χ0v) is 12.9. The van der Waals surface area contributed by atoms with Crippen LogP contribution >= 0.6 is 0 Å². The lowest BCUT2D eigenvalue weighted by atomic mass is 9.97. The fourth-order valence-corrected chi connectivity index (χ4v) is 4.28. The maximum atomic E-state index is 12.6. The van der Waals surface area contributed by atoms with Gasteiger partial charge in [0.05, 0.1) is 4.90 Å². The first-order valence-electron chi connectivity index (χ1n) is 7.37. The molecule has 2 N–H and O–H groups in total. The van der Waals surface area contributed by atoms with Gasteiger partial charge in [0, 0.05) is 13.1 Å². The van der Waals surface area contributed by atoms with Gasteiger partial charge in [-0.15, -0.1) is 0 Å². The summed E-state index contributed by atoms with van der Waals surface area (Å²) in [5, 5.41) is 0. The first kappa shape index (κ1) is 15.5. The Morgan fingerprint density at radius 3 is 2.60 bits per heavy atom. The summed E-state index contributed by atoms with van der Waals surface area (Å²) in [6, 6.07) is 7.13. The largest absolute Gasteiger partial charge is 0.330 e. The predicted molar refractivity (Wildman–Crippen MR) is 81.0 cm³/mol. The van der Waals surface area contributed by atoms with Gasteiger partial charge in [-0.2, -0.15) is 4.31 Å². The van der Waals surface area contributed by atoms with Gasteiger partial charge >= 0.3 is 0 Å². The van der Waals surface area contributed by atoms with Crippen molar-refractivity contribution in [1.29, 1.82) is 0 Å². The molecule has 112 valence electrons. The zero-order chi connectivity index (χ0) is 14.6. The second-order valence-corrected chi connectivity index (χ2v) is 7.40. The molecular weight excluding hydrogens is 272 g/mol. The van der Waals surface area contributed by atoms with Crippen molar-refractivity contribution in [2.75, 3.05) is 19.6 Å². The van der Waals surface area contributed by atoms with Crippen molar-refractivity contribution in [3.8, 4) is 0 Å². The zero-order valence-electron chi connectivity index (χ0n) is 12.1. The van der Waals surface area contributed by atoms with E-state index in [-0.39, 0.29) is 0 Å². The standard InChI is InChI=1S/C15H24N2O2S/c1-2-13-4-3-11-17(12-13)20(18,19)15-7-5-14(6-8-15)9-10-16/h5-8,13H,2-4,9-12,16H2,1H3. The Morgan fingerprint density at radius 1 is 1.30 bits per heavy atom. The van der Waals surface area contributed by atoms with Crippen LogP contribution in [0.25, 0.3) is 0 Å². The van der Waals surface area contributed by atoms with E-state index in [1.165, 1.54) is 0 Å². The van der Waals surface area contributed by atoms with Crippen LogP contribution in [0.3, 0.4) is 0 Å². The number of nitrogens with two attached hydrogens (primary N) is 1. The molecule has 0 amide bonds. The summed E-state index contributed by atoms with van der Waals surface area (Å²) in [6.45, 7) is 4.01. The molecule has 0 saturated carbocycles. The number of rotatable bonds is 5. The first-order valence-corrected chi connectivity index (χ1v) is 8.81. The summed E-state index contributed by atoms with van der Waals surface area (Å²) in [4.78, 5) is 0.398. The second-order valence-electron chi connectivity index (χ2n) is 5.46. The highest BCUT2D eigenvalue weighted by Gasteiger charge is 2.29. The second kappa shape index (κ2) is 6.70. The fraction of sp³-hybridized carbons (Fsp3) is 0.600. The van der Waals surface area contributed by atoms with E-state index >= 15 is 0 Å². The number of hydrogen-bond donors (Lipinski definition) is 1. The summed E-state index contributed by atoms with van der Waals surface area (Å²) in [6.07, 6.45) is 3.92. The molecule has 4 nitrogen and oxygen atoms in total. The third-order valence-corrected chi connectivity index (χ3v) is 5.93. The molecule has 1 aromatic carbocycles. The molecule has 20 heavy (non-hydrogen) atoms. The van der Waals surface area contributed by atoms with Crippen molar-refractivity contribution in [2.45, 2.75) is 37.5 Å². The monoisotopic (exact) mass is 296 g/mol. The lowest BCUT2D eigenvalue weighted by Gasteiger charge is -2.31. The lowest BCUT2D eigenvalue weighted by molar-refractivity contribution is 0.261. The van der Waals surface area contributed by atoms with E-state index in [2.05, 4.69) is 6.92 Å². The number of nitrogens with zero attached hydrogens (tertiary/aromatic N) is 1. The van der Waals surface area contributed by atoms with Crippen LogP contribution in [0.1, 0.15) is 31.7 Å². The Bertz CT molecular complexity index is 525. The molecule has 1 aliphatic rings. The molecule has 0 spiro atoms. The third kappa shape index (κ3) is 3.40. The fourth-order valence-electron chi connectivity index (χ4n) is 2.72. The topological polar surface area (TPSA) is 63.4 Å². The molecule has 0 radical (unpaired) electrons. The molecule has 1 aromatic rings. The first-order chi connectivity index (χ1) is 9.57. The van der Waals surface area contributed by atoms with Crippen LogP contribution in [-0.2, 0) is 16.4 Å². The van der Waals surface area contributed by atoms with Gasteiger partial charge in [-0.1, -0.05) is 25.5 Å². The van der Waals surface area contributed by atoms with E-state index in [1.54, 1.807) is 16.4 Å². The Hall–Kier alpha value is -0.910. The molecule has 5 heteroatoms. The Labute approximate surface area is 122 Å². The maximum Gasteiger partial charge on any atom is 0.243 e. The summed E-state index contributed by atoms with van der Waals surface area (Å²) in [5.41, 5.74) is 6.59. The normalized spacial score (nSPS) is 21.0. The third-order valence-electron chi connectivity index (χ3n) is 4.05. The van der Waals surface area contributed by atoms with Crippen LogP contribution in [0.2, 0.25) is 0 Å². The quantitative estimate of drug-likeness (QED) is 0.904. The smallest absolute Gasteiger partial charge is 0.243 e. The van der Waals surface area contributed by atoms with E-state index in [4.69, 9.17) is 5.73 Å². The molecule has 2 rings (SSSR count). The summed E-state index contributed by atoms with van der Waals surface area (Å²) in [7, 11) is -3.33. The molecule has 1 atom stereocenters. The summed E-state index contributed by atoms with van der Waals surface area (Å²) < 4.78 is 26.9. The van der Waals surface area contributed by atoms with E-state index in [0.717, 1.165) is 31.2 Å². The van der Waals surface area contributed by atoms with Gasteiger partial charge in [-0.3, -0.25) is 0 Å². The van der Waals surface area contributed by atoms with Crippen molar-refractivity contribution in [1.82, 2.24) is 4.31 Å². The van der Waals surface area contributed by atoms with Gasteiger partial charge in [-0.25, -0.2) is 8.42 Å². The van der Waals surface area contributed by atoms with Crippen molar-refractivity contribution >= 4 is 10.0 Å². The van der Waals surface area contributed by atoms with Gasteiger partial charge in [0.25, 0.3) is 0 Å². The summed E-state index contributed by atoms with van der Waals surface area (Å²) in [5.74, 6) is 0.495. The molecule has 1 saturated heterocycles. The van der Waals surface area contributed by atoms with Crippen LogP contribution in [0, 0.1) is 5.92 Å². The van der Waals surface area contributed by atoms with E-state index in [9.17, 15) is 8.42 Å². The number of hydrogen-bond acceptors (Lipinski definition) is 3. The summed E-state index contributed by atoms with van der Waals surface area (Å²) >= 11 is 0. The van der Waals surface area contributed by atoms with Gasteiger partial charge < -0.3 is 5.73 Å². The van der Waals surface area contributed by atoms with Crippen LogP contribution in [-0.4, -0.2) is 32.4 Å². The van der Waals surface area contributed by atoms with Gasteiger partial charge in [-0.05, 0) is 49.4 Å². The van der Waals surface area contributed by atoms with Crippen molar-refractivity contribution in [2.24, 2.45) is 11.7 Å². The van der Waals surface area contributed by atoms with E-state index in [1.807, 2.05) is 12.1 Å². The number of benzene rings is 1. The Kier molecular flexibility index (Phi) is 5.18. The maximum absolute atomic E-state index is 12.6. The van der Waals surface area contributed by atoms with Gasteiger partial charge in [0.2, 0.25) is 10.0 Å². The minimum atomic E-state index is -3.33. The van der Waals surface area contributed by atoms with Crippen molar-refractivity contribution in [3.05, 3.63) is 29.8 Å². The number of sulfonamides is 1. The van der Waals surface area contributed by atoms with Crippen molar-refractivity contribution < 1.29 is 8.42 Å². The SMILES string of the molecule is CCC1CCCN(S(=O)(=O)c2ccc(CCN)cc2)C1. The average molecular weight is 296 g/mol. The highest BCUT2D eigenvalue weighted by atomic mass is 32.2. The minimum absolute atomic E-state index is 0.398. The molecule has 1 fully saturated rings. The minimum Gasteiger partial charge on any atom is -0.330 e. The number of piperidine rings is 1. The van der Waals surface area contributed by atoms with Gasteiger partial charge in [0.15, 0.2) is 0 Å². The van der Waals surface area contributed by atoms with Gasteiger partial charge in [0.1, 0.15) is 0 Å². The van der Waals surface area contributed by atoms with Crippen LogP contribution in [0.5, 0.6) is 0 Å².